The first-order valence-electron chi connectivity index (χ1n) is 16.0. The summed E-state index contributed by atoms with van der Waals surface area (Å²) in [6, 6.07) is 12.4. The summed E-state index contributed by atoms with van der Waals surface area (Å²) in [6.07, 6.45) is 3.34. The summed E-state index contributed by atoms with van der Waals surface area (Å²) in [7, 11) is -4.82. The van der Waals surface area contributed by atoms with E-state index in [1.54, 1.807) is 18.5 Å². The van der Waals surface area contributed by atoms with Crippen LogP contribution < -0.4 is 14.9 Å². The largest absolute Gasteiger partial charge is 0.378 e. The number of nitrogens with zero attached hydrogens (tertiary/aromatic N) is 6. The van der Waals surface area contributed by atoms with Gasteiger partial charge in [0.25, 0.3) is 10.0 Å². The van der Waals surface area contributed by atoms with Crippen molar-refractivity contribution in [3.63, 3.8) is 0 Å². The number of ether oxygens (including phenoxy) is 1. The van der Waals surface area contributed by atoms with Gasteiger partial charge in [0.05, 0.1) is 58.1 Å². The zero-order valence-electron chi connectivity index (χ0n) is 27.1. The Hall–Kier alpha value is -4.64. The van der Waals surface area contributed by atoms with Crippen LogP contribution in [0.4, 0.5) is 36.3 Å². The normalized spacial score (nSPS) is 16.8. The Bertz CT molecular complexity index is 2110. The van der Waals surface area contributed by atoms with Crippen molar-refractivity contribution in [3.05, 3.63) is 89.5 Å². The molecule has 7 rings (SSSR count). The van der Waals surface area contributed by atoms with Gasteiger partial charge in [0.1, 0.15) is 23.3 Å². The highest BCUT2D eigenvalue weighted by atomic mass is 32.2. The average molecular weight is 723 g/mol. The molecule has 5 heterocycles. The molecule has 0 saturated carbocycles. The van der Waals surface area contributed by atoms with Gasteiger partial charge in [0, 0.05) is 43.9 Å². The first-order chi connectivity index (χ1) is 24.1. The van der Waals surface area contributed by atoms with Crippen molar-refractivity contribution >= 4 is 44.5 Å². The first-order valence-corrected chi connectivity index (χ1v) is 18.3. The second kappa shape index (κ2) is 13.9. The van der Waals surface area contributed by atoms with E-state index in [0.717, 1.165) is 74.5 Å². The lowest BCUT2D eigenvalue weighted by Crippen LogP contribution is -2.58. The smallest absolute Gasteiger partial charge is 0.267 e. The van der Waals surface area contributed by atoms with Crippen LogP contribution in [0.1, 0.15) is 24.8 Å². The zero-order valence-corrected chi connectivity index (χ0v) is 28.7. The molecule has 0 radical (unpaired) electrons. The van der Waals surface area contributed by atoms with Crippen LogP contribution in [0.15, 0.2) is 71.9 Å². The molecule has 3 aromatic heterocycles. The summed E-state index contributed by atoms with van der Waals surface area (Å²) in [5, 5.41) is 3.98. The van der Waals surface area contributed by atoms with Gasteiger partial charge in [-0.05, 0) is 48.5 Å². The Labute approximate surface area is 291 Å². The lowest BCUT2D eigenvalue weighted by molar-refractivity contribution is -0.0117. The van der Waals surface area contributed by atoms with Gasteiger partial charge in [0.2, 0.25) is 5.95 Å². The third-order valence-electron chi connectivity index (χ3n) is 8.46. The quantitative estimate of drug-likeness (QED) is 0.180. The number of rotatable bonds is 9. The van der Waals surface area contributed by atoms with Gasteiger partial charge in [-0.15, -0.1) is 11.3 Å². The number of benzene rings is 2. The van der Waals surface area contributed by atoms with E-state index in [1.807, 2.05) is 30.7 Å². The maximum absolute atomic E-state index is 15.0. The maximum atomic E-state index is 15.0. The topological polar surface area (TPSA) is 125 Å². The number of sulfonamides is 1. The number of aromatic nitrogens is 4. The molecule has 0 spiro atoms. The van der Waals surface area contributed by atoms with Crippen LogP contribution in [-0.2, 0) is 14.8 Å². The molecule has 2 aliphatic heterocycles. The number of thiazole rings is 1. The number of pyridine rings is 1. The Morgan fingerprint density at radius 2 is 1.78 bits per heavy atom. The van der Waals surface area contributed by atoms with Crippen LogP contribution >= 0.6 is 11.3 Å². The number of piperazine rings is 1. The van der Waals surface area contributed by atoms with Crippen molar-refractivity contribution in [1.29, 1.82) is 0 Å². The average Bonchev–Trinajstić information content (AvgIpc) is 3.56. The van der Waals surface area contributed by atoms with E-state index < -0.39 is 38.1 Å². The molecule has 11 nitrogen and oxygen atoms in total. The fourth-order valence-corrected chi connectivity index (χ4v) is 8.17. The number of halogens is 3. The molecule has 50 heavy (non-hydrogen) atoms. The van der Waals surface area contributed by atoms with Crippen LogP contribution in [0.2, 0.25) is 0 Å². The molecular formula is C34H33F3N8O3S2. The van der Waals surface area contributed by atoms with Gasteiger partial charge in [-0.2, -0.15) is 0 Å². The molecule has 0 unspecified atom stereocenters. The summed E-state index contributed by atoms with van der Waals surface area (Å²) in [6.45, 7) is 9.13. The van der Waals surface area contributed by atoms with Crippen LogP contribution in [0.3, 0.4) is 0 Å². The van der Waals surface area contributed by atoms with Crippen LogP contribution in [0.25, 0.3) is 21.8 Å². The maximum Gasteiger partial charge on any atom is 0.267 e. The molecule has 0 aliphatic carbocycles. The van der Waals surface area contributed by atoms with Crippen molar-refractivity contribution in [2.75, 3.05) is 54.3 Å². The standard InChI is InChI=1S/C34H33F3N8O3S2/c1-20(2)33-42-30(21-6-8-24(35)28(16-21)43-50(46,47)32-25(36)4-3-5-26(32)37)31(49-33)27-10-11-38-34(41-27)40-22-7-9-29(39-17-22)45-13-12-44-14-15-48-19-23(44)18-45/h3-11,16-17,20,23,43H,12-15,18-19H2,1-2H3,(H,38,40,41)/t23-/m1/s1. The monoisotopic (exact) mass is 722 g/mol. The van der Waals surface area contributed by atoms with Crippen molar-refractivity contribution < 1.29 is 26.3 Å². The predicted octanol–water partition coefficient (Wildman–Crippen LogP) is 6.27. The number of anilines is 4. The van der Waals surface area contributed by atoms with E-state index in [9.17, 15) is 21.6 Å². The van der Waals surface area contributed by atoms with Crippen LogP contribution in [-0.4, -0.2) is 78.7 Å². The van der Waals surface area contributed by atoms with E-state index in [2.05, 4.69) is 25.1 Å². The van der Waals surface area contributed by atoms with Gasteiger partial charge in [-0.3, -0.25) is 9.62 Å². The number of nitrogens with one attached hydrogen (secondary N) is 2. The zero-order chi connectivity index (χ0) is 35.0. The second-order valence-electron chi connectivity index (χ2n) is 12.2. The van der Waals surface area contributed by atoms with E-state index in [-0.39, 0.29) is 5.92 Å². The summed E-state index contributed by atoms with van der Waals surface area (Å²) in [4.78, 5) is 22.8. The minimum Gasteiger partial charge on any atom is -0.378 e. The van der Waals surface area contributed by atoms with Crippen molar-refractivity contribution in [2.45, 2.75) is 30.7 Å². The Morgan fingerprint density at radius 3 is 2.54 bits per heavy atom. The number of morpholine rings is 1. The van der Waals surface area contributed by atoms with Crippen molar-refractivity contribution in [3.8, 4) is 21.8 Å². The van der Waals surface area contributed by atoms with Gasteiger partial charge in [0.15, 0.2) is 4.90 Å². The third-order valence-corrected chi connectivity index (χ3v) is 11.3. The van der Waals surface area contributed by atoms with E-state index in [0.29, 0.717) is 39.5 Å². The second-order valence-corrected chi connectivity index (χ2v) is 14.9. The summed E-state index contributed by atoms with van der Waals surface area (Å²) in [5.41, 5.74) is 1.52. The SMILES string of the molecule is CC(C)c1nc(-c2ccc(F)c(NS(=O)(=O)c3c(F)cccc3F)c2)c(-c2ccnc(Nc3ccc(N4CCN5CCOC[C@H]5C4)nc3)n2)s1. The van der Waals surface area contributed by atoms with E-state index in [4.69, 9.17) is 14.7 Å². The Kier molecular flexibility index (Phi) is 9.43. The molecule has 16 heteroatoms. The predicted molar refractivity (Wildman–Crippen MR) is 186 cm³/mol. The molecule has 2 N–H and O–H groups in total. The van der Waals surface area contributed by atoms with Gasteiger partial charge in [-0.25, -0.2) is 41.5 Å². The summed E-state index contributed by atoms with van der Waals surface area (Å²) in [5.74, 6) is -2.31. The molecule has 5 aromatic rings. The fourth-order valence-electron chi connectivity index (χ4n) is 5.91. The van der Waals surface area contributed by atoms with Gasteiger partial charge >= 0.3 is 0 Å². The minimum absolute atomic E-state index is 0.0348. The van der Waals surface area contributed by atoms with E-state index >= 15 is 0 Å². The lowest BCUT2D eigenvalue weighted by Gasteiger charge is -2.44. The summed E-state index contributed by atoms with van der Waals surface area (Å²) < 4.78 is 77.2. The highest BCUT2D eigenvalue weighted by molar-refractivity contribution is 7.92. The van der Waals surface area contributed by atoms with Crippen molar-refractivity contribution in [2.24, 2.45) is 0 Å². The molecule has 0 amide bonds. The molecule has 2 aliphatic rings. The molecule has 1 atom stereocenters. The van der Waals surface area contributed by atoms with Gasteiger partial charge in [-0.1, -0.05) is 19.9 Å². The Balaban J connectivity index is 1.14. The number of fused-ring (bicyclic) bond motifs is 1. The molecule has 2 aromatic carbocycles. The first kappa shape index (κ1) is 33.8. The highest BCUT2D eigenvalue weighted by Crippen LogP contribution is 2.40. The van der Waals surface area contributed by atoms with Gasteiger partial charge < -0.3 is 15.0 Å². The highest BCUT2D eigenvalue weighted by Gasteiger charge is 2.30. The number of hydrogen-bond donors (Lipinski definition) is 2. The molecule has 2 saturated heterocycles. The fraction of sp³-hybridized carbons (Fsp3) is 0.294. The summed E-state index contributed by atoms with van der Waals surface area (Å²) >= 11 is 1.39. The molecular weight excluding hydrogens is 690 g/mol. The number of hydrogen-bond acceptors (Lipinski definition) is 11. The van der Waals surface area contributed by atoms with Crippen molar-refractivity contribution in [1.82, 2.24) is 24.8 Å². The third kappa shape index (κ3) is 7.01. The molecule has 2 fully saturated rings. The Morgan fingerprint density at radius 1 is 0.960 bits per heavy atom. The lowest BCUT2D eigenvalue weighted by atomic mass is 10.1. The molecule has 0 bridgehead atoms. The molecule has 260 valence electrons. The van der Waals surface area contributed by atoms with E-state index in [1.165, 1.54) is 23.5 Å². The van der Waals surface area contributed by atoms with Crippen LogP contribution in [0, 0.1) is 17.5 Å². The van der Waals surface area contributed by atoms with Crippen LogP contribution in [0.5, 0.6) is 0 Å². The minimum atomic E-state index is -4.82.